The lowest BCUT2D eigenvalue weighted by molar-refractivity contribution is -0.153. The van der Waals surface area contributed by atoms with Gasteiger partial charge in [-0.25, -0.2) is 0 Å². The number of amides is 2. The van der Waals surface area contributed by atoms with E-state index in [0.29, 0.717) is 13.0 Å². The summed E-state index contributed by atoms with van der Waals surface area (Å²) < 4.78 is 0. The Kier molecular flexibility index (Phi) is 4.11. The van der Waals surface area contributed by atoms with Crippen molar-refractivity contribution >= 4 is 11.8 Å². The molecule has 3 heterocycles. The van der Waals surface area contributed by atoms with E-state index in [-0.39, 0.29) is 17.9 Å². The predicted molar refractivity (Wildman–Crippen MR) is 81.8 cm³/mol. The van der Waals surface area contributed by atoms with Crippen LogP contribution in [0.2, 0.25) is 0 Å². The van der Waals surface area contributed by atoms with Crippen LogP contribution < -0.4 is 5.73 Å². The molecule has 6 heteroatoms. The number of carbonyl (C=O) groups is 2. The van der Waals surface area contributed by atoms with Gasteiger partial charge in [0.05, 0.1) is 6.04 Å². The Labute approximate surface area is 130 Å². The summed E-state index contributed by atoms with van der Waals surface area (Å²) in [4.78, 5) is 32.6. The fraction of sp³-hybridized carbons (Fsp3) is 0.562. The number of pyridine rings is 1. The fourth-order valence-corrected chi connectivity index (χ4v) is 3.43. The molecule has 1 aromatic heterocycles. The van der Waals surface area contributed by atoms with E-state index >= 15 is 0 Å². The summed E-state index contributed by atoms with van der Waals surface area (Å²) in [7, 11) is 0. The van der Waals surface area contributed by atoms with Gasteiger partial charge in [0.25, 0.3) is 0 Å². The number of hydrogen-bond donors (Lipinski definition) is 1. The lowest BCUT2D eigenvalue weighted by atomic mass is 10.0. The molecule has 118 valence electrons. The number of aromatic nitrogens is 1. The quantitative estimate of drug-likeness (QED) is 0.863. The van der Waals surface area contributed by atoms with Crippen LogP contribution in [0, 0.1) is 0 Å². The van der Waals surface area contributed by atoms with Crippen molar-refractivity contribution in [3.63, 3.8) is 0 Å². The zero-order valence-corrected chi connectivity index (χ0v) is 12.8. The Morgan fingerprint density at radius 3 is 2.91 bits per heavy atom. The molecule has 1 aromatic rings. The van der Waals surface area contributed by atoms with Crippen LogP contribution in [-0.2, 0) is 16.0 Å². The van der Waals surface area contributed by atoms with Gasteiger partial charge in [-0.05, 0) is 43.9 Å². The molecule has 0 aromatic carbocycles. The van der Waals surface area contributed by atoms with Gasteiger partial charge in [-0.3, -0.25) is 14.6 Å². The summed E-state index contributed by atoms with van der Waals surface area (Å²) in [6.45, 7) is 3.22. The number of nitrogens with zero attached hydrogens (tertiary/aromatic N) is 3. The molecule has 2 aliphatic heterocycles. The molecule has 0 bridgehead atoms. The summed E-state index contributed by atoms with van der Waals surface area (Å²) in [5, 5.41) is 0. The highest BCUT2D eigenvalue weighted by Gasteiger charge is 2.42. The summed E-state index contributed by atoms with van der Waals surface area (Å²) >= 11 is 0. The smallest absolute Gasteiger partial charge is 0.245 e. The lowest BCUT2D eigenvalue weighted by Gasteiger charge is -2.42. The second-order valence-corrected chi connectivity index (χ2v) is 6.16. The lowest BCUT2D eigenvalue weighted by Crippen LogP contribution is -2.62. The first-order valence-electron chi connectivity index (χ1n) is 7.83. The van der Waals surface area contributed by atoms with E-state index in [1.165, 1.54) is 0 Å². The van der Waals surface area contributed by atoms with Crippen molar-refractivity contribution in [2.45, 2.75) is 44.3 Å². The number of rotatable bonds is 3. The van der Waals surface area contributed by atoms with Crippen LogP contribution in [0.1, 0.15) is 25.3 Å². The monoisotopic (exact) mass is 302 g/mol. The molecule has 0 radical (unpaired) electrons. The minimum atomic E-state index is -0.620. The molecule has 22 heavy (non-hydrogen) atoms. The topological polar surface area (TPSA) is 79.5 Å². The zero-order valence-electron chi connectivity index (χ0n) is 12.8. The van der Waals surface area contributed by atoms with Gasteiger partial charge in [0.1, 0.15) is 6.04 Å². The Bertz CT molecular complexity index is 563. The highest BCUT2D eigenvalue weighted by molar-refractivity contribution is 5.91. The predicted octanol–water partition coefficient (Wildman–Crippen LogP) is 0.173. The maximum absolute atomic E-state index is 12.7. The molecule has 2 aliphatic rings. The van der Waals surface area contributed by atoms with Gasteiger partial charge in [0, 0.05) is 31.5 Å². The highest BCUT2D eigenvalue weighted by atomic mass is 16.2. The summed E-state index contributed by atoms with van der Waals surface area (Å²) in [6.07, 6.45) is 5.84. The van der Waals surface area contributed by atoms with Crippen LogP contribution in [0.25, 0.3) is 0 Å². The Morgan fingerprint density at radius 2 is 2.18 bits per heavy atom. The molecule has 3 rings (SSSR count). The number of hydrogen-bond acceptors (Lipinski definition) is 4. The third kappa shape index (κ3) is 2.70. The molecular weight excluding hydrogens is 280 g/mol. The first-order valence-corrected chi connectivity index (χ1v) is 7.83. The maximum atomic E-state index is 12.7. The molecule has 0 aliphatic carbocycles. The molecule has 2 N–H and O–H groups in total. The van der Waals surface area contributed by atoms with E-state index in [1.807, 2.05) is 17.0 Å². The van der Waals surface area contributed by atoms with Crippen LogP contribution in [0.15, 0.2) is 24.5 Å². The van der Waals surface area contributed by atoms with Gasteiger partial charge >= 0.3 is 0 Å². The fourth-order valence-electron chi connectivity index (χ4n) is 3.43. The third-order valence-electron chi connectivity index (χ3n) is 4.70. The largest absolute Gasteiger partial charge is 0.336 e. The van der Waals surface area contributed by atoms with Gasteiger partial charge < -0.3 is 15.5 Å². The van der Waals surface area contributed by atoms with Crippen LogP contribution in [0.4, 0.5) is 0 Å². The molecule has 0 spiro atoms. The van der Waals surface area contributed by atoms with E-state index in [0.717, 1.165) is 24.9 Å². The van der Waals surface area contributed by atoms with Gasteiger partial charge in [0.2, 0.25) is 11.8 Å². The van der Waals surface area contributed by atoms with Gasteiger partial charge in [-0.1, -0.05) is 0 Å². The molecular formula is C16H22N4O2. The first kappa shape index (κ1) is 15.0. The van der Waals surface area contributed by atoms with Crippen LogP contribution in [0.3, 0.4) is 0 Å². The van der Waals surface area contributed by atoms with E-state index in [4.69, 9.17) is 5.73 Å². The molecule has 3 atom stereocenters. The van der Waals surface area contributed by atoms with Gasteiger partial charge in [0.15, 0.2) is 0 Å². The number of nitrogens with two attached hydrogens (primary N) is 1. The molecule has 2 fully saturated rings. The number of piperazine rings is 1. The Hall–Kier alpha value is -1.95. The first-order chi connectivity index (χ1) is 10.6. The van der Waals surface area contributed by atoms with Crippen LogP contribution >= 0.6 is 0 Å². The van der Waals surface area contributed by atoms with Crippen molar-refractivity contribution in [3.8, 4) is 0 Å². The van der Waals surface area contributed by atoms with Crippen molar-refractivity contribution in [2.24, 2.45) is 5.73 Å². The highest BCUT2D eigenvalue weighted by Crippen LogP contribution is 2.26. The van der Waals surface area contributed by atoms with Gasteiger partial charge in [-0.15, -0.1) is 0 Å². The van der Waals surface area contributed by atoms with E-state index in [9.17, 15) is 9.59 Å². The SMILES string of the molecule is C[C@H]1C(=O)N2CCC[C@H]2CN1C(=O)[C@H](N)Cc1ccncc1. The van der Waals surface area contributed by atoms with Gasteiger partial charge in [-0.2, -0.15) is 0 Å². The molecule has 0 unspecified atom stereocenters. The average Bonchev–Trinajstić information content (AvgIpc) is 2.99. The second kappa shape index (κ2) is 6.04. The summed E-state index contributed by atoms with van der Waals surface area (Å²) in [6, 6.07) is 2.85. The van der Waals surface area contributed by atoms with E-state index in [1.54, 1.807) is 24.2 Å². The molecule has 0 saturated carbocycles. The van der Waals surface area contributed by atoms with E-state index < -0.39 is 12.1 Å². The van der Waals surface area contributed by atoms with Crippen LogP contribution in [0.5, 0.6) is 0 Å². The van der Waals surface area contributed by atoms with Crippen molar-refractivity contribution in [1.29, 1.82) is 0 Å². The minimum Gasteiger partial charge on any atom is -0.336 e. The zero-order chi connectivity index (χ0) is 15.7. The second-order valence-electron chi connectivity index (χ2n) is 6.16. The van der Waals surface area contributed by atoms with Crippen molar-refractivity contribution in [3.05, 3.63) is 30.1 Å². The molecule has 2 amide bonds. The van der Waals surface area contributed by atoms with Crippen molar-refractivity contribution < 1.29 is 9.59 Å². The van der Waals surface area contributed by atoms with Crippen molar-refractivity contribution in [2.75, 3.05) is 13.1 Å². The normalized spacial score (nSPS) is 26.0. The average molecular weight is 302 g/mol. The minimum absolute atomic E-state index is 0.0539. The molecule has 6 nitrogen and oxygen atoms in total. The Balaban J connectivity index is 1.69. The maximum Gasteiger partial charge on any atom is 0.245 e. The standard InChI is InChI=1S/C16H22N4O2/c1-11-15(21)19-8-2-3-13(19)10-20(11)16(22)14(17)9-12-4-6-18-7-5-12/h4-7,11,13-14H,2-3,8-10,17H2,1H3/t11-,13-,14+/m0/s1. The number of fused-ring (bicyclic) bond motifs is 1. The summed E-state index contributed by atoms with van der Waals surface area (Å²) in [5.41, 5.74) is 7.07. The van der Waals surface area contributed by atoms with Crippen molar-refractivity contribution in [1.82, 2.24) is 14.8 Å². The summed E-state index contributed by atoms with van der Waals surface area (Å²) in [5.74, 6) is -0.0811. The Morgan fingerprint density at radius 1 is 1.45 bits per heavy atom. The number of carbonyl (C=O) groups excluding carboxylic acids is 2. The molecule has 2 saturated heterocycles. The third-order valence-corrected chi connectivity index (χ3v) is 4.70. The van der Waals surface area contributed by atoms with Crippen LogP contribution in [-0.4, -0.2) is 57.8 Å². The van der Waals surface area contributed by atoms with E-state index in [2.05, 4.69) is 4.98 Å².